The highest BCUT2D eigenvalue weighted by atomic mass is 16.5. The van der Waals surface area contributed by atoms with Crippen LogP contribution in [0.4, 0.5) is 11.4 Å². The molecule has 2 aliphatic heterocycles. The lowest BCUT2D eigenvalue weighted by Gasteiger charge is -2.31. The van der Waals surface area contributed by atoms with Gasteiger partial charge in [0.1, 0.15) is 12.3 Å². The van der Waals surface area contributed by atoms with Crippen LogP contribution in [0.25, 0.3) is 0 Å². The third-order valence-electron chi connectivity index (χ3n) is 4.65. The van der Waals surface area contributed by atoms with Crippen LogP contribution in [0.5, 0.6) is 5.88 Å². The third kappa shape index (κ3) is 2.95. The molecule has 1 atom stereocenters. The first kappa shape index (κ1) is 15.6. The number of rotatable bonds is 2. The minimum absolute atomic E-state index is 0.00953. The molecule has 4 rings (SSSR count). The number of aromatic nitrogens is 1. The number of benzene rings is 1. The molecule has 2 amide bonds. The Hall–Kier alpha value is -2.89. The largest absolute Gasteiger partial charge is 0.474 e. The molecular formula is C19H19N3O3. The average Bonchev–Trinajstić information content (AvgIpc) is 2.60. The maximum Gasteiger partial charge on any atom is 0.238 e. The molecule has 2 aliphatic rings. The molecule has 1 unspecified atom stereocenters. The number of ether oxygens (including phenoxy) is 1. The van der Waals surface area contributed by atoms with Crippen molar-refractivity contribution >= 4 is 23.2 Å². The van der Waals surface area contributed by atoms with Gasteiger partial charge in [0.15, 0.2) is 0 Å². The first-order valence-electron chi connectivity index (χ1n) is 8.41. The van der Waals surface area contributed by atoms with E-state index in [2.05, 4.69) is 10.3 Å². The monoisotopic (exact) mass is 337 g/mol. The van der Waals surface area contributed by atoms with Gasteiger partial charge in [-0.25, -0.2) is 4.98 Å². The summed E-state index contributed by atoms with van der Waals surface area (Å²) < 4.78 is 5.58. The highest BCUT2D eigenvalue weighted by Gasteiger charge is 2.31. The molecule has 6 nitrogen and oxygen atoms in total. The molecular weight excluding hydrogens is 318 g/mol. The van der Waals surface area contributed by atoms with E-state index in [1.807, 2.05) is 43.3 Å². The highest BCUT2D eigenvalue weighted by Crippen LogP contribution is 2.36. The molecule has 2 aromatic rings. The van der Waals surface area contributed by atoms with Crippen LogP contribution in [0.15, 0.2) is 36.4 Å². The fourth-order valence-electron chi connectivity index (χ4n) is 3.46. The molecule has 0 aliphatic carbocycles. The summed E-state index contributed by atoms with van der Waals surface area (Å²) in [6.45, 7) is 2.82. The van der Waals surface area contributed by atoms with Crippen LogP contribution in [0.3, 0.4) is 0 Å². The van der Waals surface area contributed by atoms with E-state index in [0.717, 1.165) is 16.9 Å². The quantitative estimate of drug-likeness (QED) is 0.914. The Morgan fingerprint density at radius 1 is 1.32 bits per heavy atom. The van der Waals surface area contributed by atoms with E-state index >= 15 is 0 Å². The van der Waals surface area contributed by atoms with Crippen LogP contribution in [0.2, 0.25) is 0 Å². The lowest BCUT2D eigenvalue weighted by Crippen LogP contribution is -2.39. The standard InChI is InChI=1S/C19H19N3O3/c1-12-6-7-16-19(20-12)25-9-8-22(16)18(24)11-13-10-17(23)21-15-5-3-2-4-14(13)15/h2-7,13H,8-11H2,1H3,(H,21,23). The predicted molar refractivity (Wildman–Crippen MR) is 93.9 cm³/mol. The van der Waals surface area contributed by atoms with Gasteiger partial charge in [0, 0.05) is 30.1 Å². The smallest absolute Gasteiger partial charge is 0.238 e. The number of hydrogen-bond acceptors (Lipinski definition) is 4. The lowest BCUT2D eigenvalue weighted by molar-refractivity contribution is -0.120. The second-order valence-electron chi connectivity index (χ2n) is 6.41. The Labute approximate surface area is 145 Å². The predicted octanol–water partition coefficient (Wildman–Crippen LogP) is 2.63. The first-order valence-corrected chi connectivity index (χ1v) is 8.41. The molecule has 1 N–H and O–H groups in total. The Balaban J connectivity index is 1.59. The summed E-state index contributed by atoms with van der Waals surface area (Å²) in [5.74, 6) is 0.337. The van der Waals surface area contributed by atoms with Crippen molar-refractivity contribution in [2.24, 2.45) is 0 Å². The van der Waals surface area contributed by atoms with Gasteiger partial charge < -0.3 is 15.0 Å². The Bertz CT molecular complexity index is 850. The van der Waals surface area contributed by atoms with Crippen molar-refractivity contribution in [2.75, 3.05) is 23.4 Å². The molecule has 0 fully saturated rings. The van der Waals surface area contributed by atoms with Gasteiger partial charge in [-0.15, -0.1) is 0 Å². The average molecular weight is 337 g/mol. The van der Waals surface area contributed by atoms with Crippen LogP contribution in [0, 0.1) is 6.92 Å². The molecule has 128 valence electrons. The van der Waals surface area contributed by atoms with E-state index in [0.29, 0.717) is 31.1 Å². The van der Waals surface area contributed by atoms with Crippen LogP contribution < -0.4 is 15.0 Å². The van der Waals surface area contributed by atoms with Crippen LogP contribution >= 0.6 is 0 Å². The van der Waals surface area contributed by atoms with E-state index in [9.17, 15) is 9.59 Å². The molecule has 6 heteroatoms. The van der Waals surface area contributed by atoms with Gasteiger partial charge in [-0.3, -0.25) is 9.59 Å². The van der Waals surface area contributed by atoms with Crippen LogP contribution in [-0.4, -0.2) is 29.9 Å². The maximum absolute atomic E-state index is 12.9. The van der Waals surface area contributed by atoms with Gasteiger partial charge in [0.2, 0.25) is 17.7 Å². The van der Waals surface area contributed by atoms with Crippen molar-refractivity contribution < 1.29 is 14.3 Å². The summed E-state index contributed by atoms with van der Waals surface area (Å²) >= 11 is 0. The second kappa shape index (κ2) is 6.20. The number of nitrogens with zero attached hydrogens (tertiary/aromatic N) is 2. The fourth-order valence-corrected chi connectivity index (χ4v) is 3.46. The summed E-state index contributed by atoms with van der Waals surface area (Å²) in [7, 11) is 0. The van der Waals surface area contributed by atoms with Crippen LogP contribution in [0.1, 0.15) is 30.0 Å². The van der Waals surface area contributed by atoms with Crippen molar-refractivity contribution in [1.82, 2.24) is 4.98 Å². The van der Waals surface area contributed by atoms with Crippen LogP contribution in [-0.2, 0) is 9.59 Å². The summed E-state index contributed by atoms with van der Waals surface area (Å²) in [4.78, 5) is 31.0. The van der Waals surface area contributed by atoms with Gasteiger partial charge in [0.25, 0.3) is 0 Å². The molecule has 1 aromatic carbocycles. The molecule has 0 saturated carbocycles. The van der Waals surface area contributed by atoms with Gasteiger partial charge in [-0.1, -0.05) is 18.2 Å². The maximum atomic E-state index is 12.9. The minimum atomic E-state index is -0.109. The van der Waals surface area contributed by atoms with E-state index < -0.39 is 0 Å². The molecule has 0 radical (unpaired) electrons. The molecule has 25 heavy (non-hydrogen) atoms. The molecule has 0 saturated heterocycles. The normalized spacial score (nSPS) is 18.7. The molecule has 3 heterocycles. The number of carbonyl (C=O) groups is 2. The topological polar surface area (TPSA) is 71.5 Å². The van der Waals surface area contributed by atoms with Crippen molar-refractivity contribution in [3.63, 3.8) is 0 Å². The molecule has 1 aromatic heterocycles. The van der Waals surface area contributed by atoms with E-state index in [4.69, 9.17) is 4.74 Å². The zero-order chi connectivity index (χ0) is 17.4. The summed E-state index contributed by atoms with van der Waals surface area (Å²) in [6, 6.07) is 11.4. The summed E-state index contributed by atoms with van der Waals surface area (Å²) in [6.07, 6.45) is 0.615. The minimum Gasteiger partial charge on any atom is -0.474 e. The van der Waals surface area contributed by atoms with Crippen molar-refractivity contribution in [3.05, 3.63) is 47.7 Å². The zero-order valence-corrected chi connectivity index (χ0v) is 14.0. The Kier molecular flexibility index (Phi) is 3.87. The van der Waals surface area contributed by atoms with E-state index in [1.165, 1.54) is 0 Å². The summed E-state index contributed by atoms with van der Waals surface area (Å²) in [5, 5.41) is 2.87. The number of para-hydroxylation sites is 1. The number of nitrogens with one attached hydrogen (secondary N) is 1. The first-order chi connectivity index (χ1) is 12.1. The lowest BCUT2D eigenvalue weighted by atomic mass is 9.87. The second-order valence-corrected chi connectivity index (χ2v) is 6.41. The van der Waals surface area contributed by atoms with Gasteiger partial charge >= 0.3 is 0 Å². The fraction of sp³-hybridized carbons (Fsp3) is 0.316. The van der Waals surface area contributed by atoms with Gasteiger partial charge in [-0.05, 0) is 30.7 Å². The van der Waals surface area contributed by atoms with Crippen molar-refractivity contribution in [2.45, 2.75) is 25.7 Å². The highest BCUT2D eigenvalue weighted by molar-refractivity contribution is 5.98. The summed E-state index contributed by atoms with van der Waals surface area (Å²) in [5.41, 5.74) is 3.38. The number of pyridine rings is 1. The Morgan fingerprint density at radius 3 is 3.04 bits per heavy atom. The van der Waals surface area contributed by atoms with Gasteiger partial charge in [0.05, 0.1) is 6.54 Å². The number of amides is 2. The SMILES string of the molecule is Cc1ccc2c(n1)OCCN2C(=O)CC1CC(=O)Nc2ccccc21. The van der Waals surface area contributed by atoms with E-state index in [1.54, 1.807) is 4.90 Å². The number of fused-ring (bicyclic) bond motifs is 2. The molecule has 0 bridgehead atoms. The van der Waals surface area contributed by atoms with Crippen molar-refractivity contribution in [1.29, 1.82) is 0 Å². The van der Waals surface area contributed by atoms with Crippen molar-refractivity contribution in [3.8, 4) is 5.88 Å². The number of anilines is 2. The van der Waals surface area contributed by atoms with E-state index in [-0.39, 0.29) is 24.2 Å². The third-order valence-corrected chi connectivity index (χ3v) is 4.65. The number of hydrogen-bond donors (Lipinski definition) is 1. The number of aryl methyl sites for hydroxylation is 1. The molecule has 0 spiro atoms. The van der Waals surface area contributed by atoms with Gasteiger partial charge in [-0.2, -0.15) is 0 Å². The Morgan fingerprint density at radius 2 is 2.16 bits per heavy atom. The zero-order valence-electron chi connectivity index (χ0n) is 14.0. The number of carbonyl (C=O) groups excluding carboxylic acids is 2.